The molecule has 1 saturated heterocycles. The van der Waals surface area contributed by atoms with Crippen molar-refractivity contribution in [3.8, 4) is 0 Å². The highest BCUT2D eigenvalue weighted by atomic mass is 35.5. The van der Waals surface area contributed by atoms with Gasteiger partial charge in [-0.15, -0.1) is 11.6 Å². The van der Waals surface area contributed by atoms with Crippen LogP contribution in [-0.2, 0) is 9.53 Å². The summed E-state index contributed by atoms with van der Waals surface area (Å²) >= 11 is 5.75. The van der Waals surface area contributed by atoms with Crippen LogP contribution in [0.1, 0.15) is 27.7 Å². The summed E-state index contributed by atoms with van der Waals surface area (Å²) in [7, 11) is 0. The van der Waals surface area contributed by atoms with Crippen molar-refractivity contribution < 1.29 is 9.53 Å². The van der Waals surface area contributed by atoms with Gasteiger partial charge in [-0.2, -0.15) is 0 Å². The van der Waals surface area contributed by atoms with E-state index in [0.717, 1.165) is 0 Å². The number of alkyl halides is 1. The fourth-order valence-corrected chi connectivity index (χ4v) is 1.61. The number of ether oxygens (including phenoxy) is 1. The molecule has 15 heavy (non-hydrogen) atoms. The Morgan fingerprint density at radius 2 is 2.13 bits per heavy atom. The Balaban J connectivity index is 2.53. The van der Waals surface area contributed by atoms with Crippen LogP contribution in [0.3, 0.4) is 0 Å². The molecular formula is C11H20ClNO2. The molecule has 1 N–H and O–H groups in total. The Morgan fingerprint density at radius 1 is 1.53 bits per heavy atom. The molecule has 0 bridgehead atoms. The third kappa shape index (κ3) is 2.85. The third-order valence-corrected chi connectivity index (χ3v) is 3.85. The van der Waals surface area contributed by atoms with E-state index in [4.69, 9.17) is 16.3 Å². The van der Waals surface area contributed by atoms with Crippen LogP contribution in [0, 0.1) is 11.3 Å². The summed E-state index contributed by atoms with van der Waals surface area (Å²) in [6.07, 6.45) is 0.217. The lowest BCUT2D eigenvalue weighted by molar-refractivity contribution is -0.129. The van der Waals surface area contributed by atoms with Gasteiger partial charge in [0.1, 0.15) is 0 Å². The maximum Gasteiger partial charge on any atom is 0.227 e. The van der Waals surface area contributed by atoms with Crippen LogP contribution >= 0.6 is 11.6 Å². The molecule has 88 valence electrons. The first-order valence-electron chi connectivity index (χ1n) is 5.37. The number of rotatable bonds is 3. The molecule has 4 heteroatoms. The summed E-state index contributed by atoms with van der Waals surface area (Å²) in [5, 5.41) is 3.00. The molecule has 0 spiro atoms. The van der Waals surface area contributed by atoms with Crippen LogP contribution in [0.4, 0.5) is 0 Å². The van der Waals surface area contributed by atoms with Gasteiger partial charge in [0.25, 0.3) is 0 Å². The summed E-state index contributed by atoms with van der Waals surface area (Å²) in [5.41, 5.74) is -0.507. The molecule has 1 fully saturated rings. The highest BCUT2D eigenvalue weighted by Gasteiger charge is 2.35. The van der Waals surface area contributed by atoms with Crippen LogP contribution in [-0.4, -0.2) is 30.5 Å². The van der Waals surface area contributed by atoms with Crippen LogP contribution in [0.25, 0.3) is 0 Å². The molecule has 0 aromatic heterocycles. The number of carbonyl (C=O) groups is 1. The van der Waals surface area contributed by atoms with Crippen molar-refractivity contribution in [3.05, 3.63) is 0 Å². The molecule has 0 aromatic carbocycles. The van der Waals surface area contributed by atoms with Gasteiger partial charge in [0.2, 0.25) is 5.91 Å². The van der Waals surface area contributed by atoms with Crippen molar-refractivity contribution in [2.45, 2.75) is 39.8 Å². The lowest BCUT2D eigenvalue weighted by atomic mass is 9.93. The number of hydrogen-bond donors (Lipinski definition) is 1. The highest BCUT2D eigenvalue weighted by molar-refractivity contribution is 6.19. The molecule has 1 rings (SSSR count). The van der Waals surface area contributed by atoms with Crippen LogP contribution in [0.15, 0.2) is 0 Å². The van der Waals surface area contributed by atoms with Gasteiger partial charge >= 0.3 is 0 Å². The number of nitrogens with one attached hydrogen (secondary N) is 1. The fraction of sp³-hybridized carbons (Fsp3) is 0.909. The minimum Gasteiger partial charge on any atom is -0.376 e. The standard InChI is InChI=1S/C11H20ClNO2/c1-7-8(2)15-5-9(7)13-10(14)11(3,4)6-12/h7-9H,5-6H2,1-4H3,(H,13,14). The van der Waals surface area contributed by atoms with Gasteiger partial charge in [-0.3, -0.25) is 4.79 Å². The maximum absolute atomic E-state index is 11.9. The molecule has 0 aromatic rings. The maximum atomic E-state index is 11.9. The van der Waals surface area contributed by atoms with E-state index in [1.54, 1.807) is 0 Å². The summed E-state index contributed by atoms with van der Waals surface area (Å²) in [6.45, 7) is 8.42. The summed E-state index contributed by atoms with van der Waals surface area (Å²) in [6, 6.07) is 0.120. The molecule has 1 aliphatic rings. The molecule has 3 nitrogen and oxygen atoms in total. The van der Waals surface area contributed by atoms with Crippen molar-refractivity contribution in [1.29, 1.82) is 0 Å². The Morgan fingerprint density at radius 3 is 2.53 bits per heavy atom. The zero-order valence-electron chi connectivity index (χ0n) is 9.84. The van der Waals surface area contributed by atoms with Crippen LogP contribution in [0.5, 0.6) is 0 Å². The van der Waals surface area contributed by atoms with E-state index in [2.05, 4.69) is 12.2 Å². The Labute approximate surface area is 96.5 Å². The van der Waals surface area contributed by atoms with Gasteiger partial charge in [0.15, 0.2) is 0 Å². The van der Waals surface area contributed by atoms with Gasteiger partial charge in [-0.25, -0.2) is 0 Å². The van der Waals surface area contributed by atoms with Crippen molar-refractivity contribution in [3.63, 3.8) is 0 Å². The predicted molar refractivity (Wildman–Crippen MR) is 61.0 cm³/mol. The topological polar surface area (TPSA) is 38.3 Å². The van der Waals surface area contributed by atoms with Crippen molar-refractivity contribution >= 4 is 17.5 Å². The number of carbonyl (C=O) groups excluding carboxylic acids is 1. The second kappa shape index (κ2) is 4.71. The van der Waals surface area contributed by atoms with E-state index < -0.39 is 5.41 Å². The lowest BCUT2D eigenvalue weighted by Crippen LogP contribution is -2.46. The summed E-state index contributed by atoms with van der Waals surface area (Å²) in [4.78, 5) is 11.9. The van der Waals surface area contributed by atoms with E-state index >= 15 is 0 Å². The zero-order valence-corrected chi connectivity index (χ0v) is 10.6. The highest BCUT2D eigenvalue weighted by Crippen LogP contribution is 2.23. The minimum absolute atomic E-state index is 0.00653. The van der Waals surface area contributed by atoms with E-state index in [9.17, 15) is 4.79 Å². The van der Waals surface area contributed by atoms with Gasteiger partial charge in [0.05, 0.1) is 24.2 Å². The first kappa shape index (κ1) is 12.8. The second-order valence-electron chi connectivity index (χ2n) is 5.00. The SMILES string of the molecule is CC1OCC(NC(=O)C(C)(C)CCl)C1C. The van der Waals surface area contributed by atoms with Crippen LogP contribution < -0.4 is 5.32 Å². The molecule has 3 unspecified atom stereocenters. The molecule has 0 saturated carbocycles. The summed E-state index contributed by atoms with van der Waals surface area (Å²) < 4.78 is 5.48. The number of amides is 1. The van der Waals surface area contributed by atoms with E-state index in [1.807, 2.05) is 20.8 Å². The monoisotopic (exact) mass is 233 g/mol. The molecular weight excluding hydrogens is 214 g/mol. The Hall–Kier alpha value is -0.280. The molecule has 0 radical (unpaired) electrons. The minimum atomic E-state index is -0.507. The van der Waals surface area contributed by atoms with Crippen molar-refractivity contribution in [2.75, 3.05) is 12.5 Å². The quantitative estimate of drug-likeness (QED) is 0.755. The van der Waals surface area contributed by atoms with E-state index in [1.165, 1.54) is 0 Å². The first-order valence-corrected chi connectivity index (χ1v) is 5.90. The molecule has 1 amide bonds. The van der Waals surface area contributed by atoms with Gasteiger partial charge in [-0.1, -0.05) is 6.92 Å². The number of hydrogen-bond acceptors (Lipinski definition) is 2. The van der Waals surface area contributed by atoms with Gasteiger partial charge < -0.3 is 10.1 Å². The average Bonchev–Trinajstić information content (AvgIpc) is 2.49. The Bertz CT molecular complexity index is 243. The molecule has 3 atom stereocenters. The normalized spacial score (nSPS) is 31.7. The van der Waals surface area contributed by atoms with Gasteiger partial charge in [0, 0.05) is 11.8 Å². The van der Waals surface area contributed by atoms with E-state index in [-0.39, 0.29) is 18.1 Å². The smallest absolute Gasteiger partial charge is 0.227 e. The first-order chi connectivity index (χ1) is 6.88. The van der Waals surface area contributed by atoms with Crippen LogP contribution in [0.2, 0.25) is 0 Å². The lowest BCUT2D eigenvalue weighted by Gasteiger charge is -2.25. The third-order valence-electron chi connectivity index (χ3n) is 3.18. The van der Waals surface area contributed by atoms with Crippen molar-refractivity contribution in [1.82, 2.24) is 5.32 Å². The molecule has 0 aliphatic carbocycles. The Kier molecular flexibility index (Phi) is 4.01. The number of halogens is 1. The molecule has 1 heterocycles. The van der Waals surface area contributed by atoms with Crippen molar-refractivity contribution in [2.24, 2.45) is 11.3 Å². The average molecular weight is 234 g/mol. The second-order valence-corrected chi connectivity index (χ2v) is 5.26. The van der Waals surface area contributed by atoms with Gasteiger partial charge in [-0.05, 0) is 20.8 Å². The predicted octanol–water partition coefficient (Wildman–Crippen LogP) is 1.79. The fourth-order valence-electron chi connectivity index (χ4n) is 1.48. The summed E-state index contributed by atoms with van der Waals surface area (Å²) in [5.74, 6) is 0.697. The van der Waals surface area contributed by atoms with E-state index in [0.29, 0.717) is 18.4 Å². The molecule has 1 aliphatic heterocycles. The zero-order chi connectivity index (χ0) is 11.6. The largest absolute Gasteiger partial charge is 0.376 e.